The highest BCUT2D eigenvalue weighted by Crippen LogP contribution is 2.45. The Balaban J connectivity index is 2.28. The molecule has 14 heteroatoms. The van der Waals surface area contributed by atoms with Crippen LogP contribution in [0.3, 0.4) is 0 Å². The molecule has 0 N–H and O–H groups in total. The van der Waals surface area contributed by atoms with Gasteiger partial charge in [0.2, 0.25) is 0 Å². The van der Waals surface area contributed by atoms with E-state index in [0.717, 1.165) is 0 Å². The number of cyclic esters (lactones) is 1. The van der Waals surface area contributed by atoms with Crippen molar-refractivity contribution < 1.29 is 81.5 Å². The minimum absolute atomic E-state index is 0.00485. The lowest BCUT2D eigenvalue weighted by molar-refractivity contribution is -0.143. The molecule has 4 nitrogen and oxygen atoms in total. The number of alkyl halides is 9. The van der Waals surface area contributed by atoms with Crippen molar-refractivity contribution in [3.05, 3.63) is 87.7 Å². The molecule has 0 radical (unpaired) electrons. The number of nitrogens with zero attached hydrogens (tertiary/aromatic N) is 1. The van der Waals surface area contributed by atoms with E-state index in [1.54, 1.807) is 0 Å². The first-order chi connectivity index (χ1) is 26.9. The minimum atomic E-state index is -5.74. The average Bonchev–Trinajstić information content (AvgIpc) is 3.27. The van der Waals surface area contributed by atoms with Crippen LogP contribution in [0.1, 0.15) is 89.2 Å². The molecule has 3 aromatic carbocycles. The van der Waals surface area contributed by atoms with Crippen LogP contribution in [0.5, 0.6) is 5.75 Å². The molecule has 1 saturated heterocycles. The van der Waals surface area contributed by atoms with Crippen LogP contribution in [-0.4, -0.2) is 24.0 Å². The summed E-state index contributed by atoms with van der Waals surface area (Å²) in [5.74, 6) is -7.77. The first-order valence-corrected chi connectivity index (χ1v) is 11.5. The molecule has 44 heavy (non-hydrogen) atoms. The number of amides is 1. The average molecular weight is 655 g/mol. The van der Waals surface area contributed by atoms with E-state index in [4.69, 9.17) is 28.0 Å². The van der Waals surface area contributed by atoms with Gasteiger partial charge in [-0.1, -0.05) is 19.8 Å². The Bertz CT molecular complexity index is 2170. The van der Waals surface area contributed by atoms with E-state index in [1.807, 2.05) is 0 Å². The summed E-state index contributed by atoms with van der Waals surface area (Å²) in [6, 6.07) is -5.77. The van der Waals surface area contributed by atoms with Gasteiger partial charge >= 0.3 is 24.6 Å². The highest BCUT2D eigenvalue weighted by atomic mass is 19.4. The molecule has 238 valence electrons. The fourth-order valence-corrected chi connectivity index (χ4v) is 4.06. The lowest BCUT2D eigenvalue weighted by Gasteiger charge is -2.25. The number of rotatable bonds is 6. The summed E-state index contributed by atoms with van der Waals surface area (Å²) in [6.07, 6.45) is -24.2. The normalized spacial score (nSPS) is 28.5. The fraction of sp³-hybridized carbons (Fsp3) is 0.367. The van der Waals surface area contributed by atoms with Crippen LogP contribution in [0.4, 0.5) is 48.7 Å². The van der Waals surface area contributed by atoms with E-state index in [0.29, 0.717) is 6.07 Å². The predicted octanol–water partition coefficient (Wildman–Crippen LogP) is 9.76. The van der Waals surface area contributed by atoms with Crippen LogP contribution in [0.15, 0.2) is 48.5 Å². The summed E-state index contributed by atoms with van der Waals surface area (Å²) in [5, 5.41) is 0. The van der Waals surface area contributed by atoms with Crippen molar-refractivity contribution in [3.8, 4) is 16.9 Å². The molecule has 4 rings (SSSR count). The molecule has 1 amide bonds. The Morgan fingerprint density at radius 1 is 0.955 bits per heavy atom. The zero-order valence-electron chi connectivity index (χ0n) is 38.1. The third-order valence-electron chi connectivity index (χ3n) is 5.99. The number of carbonyl (C=O) groups excluding carboxylic acids is 1. The molecule has 0 bridgehead atoms. The monoisotopic (exact) mass is 654 g/mol. The van der Waals surface area contributed by atoms with Crippen molar-refractivity contribution in [1.29, 1.82) is 0 Å². The molecule has 2 atom stereocenters. The lowest BCUT2D eigenvalue weighted by atomic mass is 9.88. The van der Waals surface area contributed by atoms with Gasteiger partial charge < -0.3 is 9.47 Å². The molecule has 0 aliphatic carbocycles. The number of hydrogen-bond acceptors (Lipinski definition) is 3. The zero-order valence-corrected chi connectivity index (χ0v) is 21.1. The number of benzene rings is 3. The van der Waals surface area contributed by atoms with Gasteiger partial charge in [-0.15, -0.1) is 0 Å². The number of halogens is 10. The molecule has 1 heterocycles. The van der Waals surface area contributed by atoms with Crippen molar-refractivity contribution in [2.24, 2.45) is 0 Å². The number of carbonyl (C=O) groups is 1. The van der Waals surface area contributed by atoms with Crippen LogP contribution in [-0.2, 0) is 29.8 Å². The highest BCUT2D eigenvalue weighted by molar-refractivity contribution is 5.79. The van der Waals surface area contributed by atoms with Crippen molar-refractivity contribution in [2.75, 3.05) is 7.04 Å². The van der Waals surface area contributed by atoms with E-state index in [2.05, 4.69) is 4.74 Å². The molecular formula is C30H25F10NO3. The second kappa shape index (κ2) is 11.5. The molecule has 1 aliphatic rings. The molecule has 3 aromatic rings. The summed E-state index contributed by atoms with van der Waals surface area (Å²) in [7, 11) is -3.74. The maximum Gasteiger partial charge on any atom is 0.416 e. The molecular weight excluding hydrogens is 612 g/mol. The molecule has 0 spiro atoms. The maximum atomic E-state index is 16.1. The minimum Gasteiger partial charge on any atom is -0.496 e. The van der Waals surface area contributed by atoms with Crippen LogP contribution in [0.2, 0.25) is 0 Å². The zero-order chi connectivity index (χ0) is 47.5. The summed E-state index contributed by atoms with van der Waals surface area (Å²) in [4.78, 5) is 12.7. The van der Waals surface area contributed by atoms with Gasteiger partial charge in [-0.3, -0.25) is 4.90 Å². The van der Waals surface area contributed by atoms with Crippen LogP contribution in [0, 0.1) is 5.82 Å². The first kappa shape index (κ1) is 16.9. The van der Waals surface area contributed by atoms with Gasteiger partial charge in [0.25, 0.3) is 0 Å². The van der Waals surface area contributed by atoms with Crippen LogP contribution >= 0.6 is 0 Å². The quantitative estimate of drug-likeness (QED) is 0.249. The summed E-state index contributed by atoms with van der Waals surface area (Å²) < 4.78 is 291. The lowest BCUT2D eigenvalue weighted by Crippen LogP contribution is -2.32. The van der Waals surface area contributed by atoms with E-state index in [-0.39, 0.29) is 36.4 Å². The standard InChI is InChI=1S/C30H25F10NO3/c1-14(2)24-22(31)7-8-23(43-4)25(24)21-6-5-18(28(32,33)34)11-17(21)13-41-15(3)26(44-27(41)42)16-9-19(29(35,36)37)12-20(10-16)30(38,39)40/h5-12,14-15,26H,13H2,1-4H3/t15-,26-/m0/s1/i1D3,2D3,3D3,4D3,13D2,14D,15D,26D. The van der Waals surface area contributed by atoms with Gasteiger partial charge in [0.1, 0.15) is 17.6 Å². The first-order valence-electron chi connectivity index (χ1n) is 20.0. The topological polar surface area (TPSA) is 38.8 Å². The molecule has 0 unspecified atom stereocenters. The van der Waals surface area contributed by atoms with E-state index in [9.17, 15) is 44.3 Å². The highest BCUT2D eigenvalue weighted by Gasteiger charge is 2.44. The van der Waals surface area contributed by atoms with Gasteiger partial charge in [-0.05, 0) is 71.9 Å². The van der Waals surface area contributed by atoms with Crippen molar-refractivity contribution in [2.45, 2.75) is 63.6 Å². The van der Waals surface area contributed by atoms with Gasteiger partial charge in [0, 0.05) is 24.8 Å². The molecule has 0 aromatic heterocycles. The number of methoxy groups -OCH3 is 1. The molecule has 0 saturated carbocycles. The van der Waals surface area contributed by atoms with Gasteiger partial charge in [0.05, 0.1) is 45.8 Å². The Hall–Kier alpha value is -3.97. The van der Waals surface area contributed by atoms with E-state index >= 15 is 4.39 Å². The Morgan fingerprint density at radius 2 is 1.59 bits per heavy atom. The van der Waals surface area contributed by atoms with Crippen LogP contribution < -0.4 is 4.74 Å². The van der Waals surface area contributed by atoms with Crippen LogP contribution in [0.25, 0.3) is 11.1 Å². The molecule has 1 fully saturated rings. The number of ether oxygens (including phenoxy) is 2. The maximum absolute atomic E-state index is 16.1. The largest absolute Gasteiger partial charge is 0.496 e. The van der Waals surface area contributed by atoms with Crippen molar-refractivity contribution in [3.63, 3.8) is 0 Å². The van der Waals surface area contributed by atoms with Gasteiger partial charge in [-0.25, -0.2) is 9.18 Å². The van der Waals surface area contributed by atoms with Gasteiger partial charge in [0.15, 0.2) is 0 Å². The third kappa shape index (κ3) is 6.43. The van der Waals surface area contributed by atoms with Crippen molar-refractivity contribution in [1.82, 2.24) is 4.90 Å². The third-order valence-corrected chi connectivity index (χ3v) is 5.99. The summed E-state index contributed by atoms with van der Waals surface area (Å²) in [5.41, 5.74) is -15.5. The molecule has 1 aliphatic heterocycles. The Kier molecular flexibility index (Phi) is 4.43. The van der Waals surface area contributed by atoms with Crippen molar-refractivity contribution >= 4 is 6.09 Å². The van der Waals surface area contributed by atoms with E-state index < -0.39 is 144 Å². The number of hydrogen-bond donors (Lipinski definition) is 0. The Morgan fingerprint density at radius 3 is 2.14 bits per heavy atom. The second-order valence-electron chi connectivity index (χ2n) is 8.82. The van der Waals surface area contributed by atoms with Gasteiger partial charge in [-0.2, -0.15) is 39.5 Å². The van der Waals surface area contributed by atoms with E-state index in [1.165, 1.54) is 0 Å². The summed E-state index contributed by atoms with van der Waals surface area (Å²) in [6.45, 7) is -17.6. The second-order valence-corrected chi connectivity index (χ2v) is 8.82. The predicted molar refractivity (Wildman–Crippen MR) is 138 cm³/mol. The SMILES string of the molecule is [2H]C([2H])([2H])Oc1ccc(F)c(C([2H])(C([2H])([2H])[2H])C([2H])([2H])[2H])c1-c1ccc(C(F)(F)F)cc1C([2H])([2H])N1C(=O)O[C@]([2H])(c2cc(C(F)(F)F)cc(C(F)(F)F)c2)[C@]1([2H])C([2H])([2H])[2H]. The summed E-state index contributed by atoms with van der Waals surface area (Å²) >= 11 is 0. The Labute approximate surface area is 269 Å². The smallest absolute Gasteiger partial charge is 0.416 e. The fourth-order valence-electron chi connectivity index (χ4n) is 4.06.